The van der Waals surface area contributed by atoms with E-state index >= 15 is 0 Å². The first kappa shape index (κ1) is 47.4. The highest BCUT2D eigenvalue weighted by atomic mass is 31.2. The highest BCUT2D eigenvalue weighted by molar-refractivity contribution is 7.46. The van der Waals surface area contributed by atoms with Crippen molar-refractivity contribution in [3.8, 4) is 5.75 Å². The van der Waals surface area contributed by atoms with Gasteiger partial charge < -0.3 is 51.3 Å². The zero-order valence-electron chi connectivity index (χ0n) is 29.7. The van der Waals surface area contributed by atoms with Crippen LogP contribution in [0.1, 0.15) is 70.8 Å². The zero-order valence-corrected chi connectivity index (χ0v) is 30.6. The maximum absolute atomic E-state index is 13.5. The molecule has 0 radical (unpaired) electrons. The van der Waals surface area contributed by atoms with Gasteiger partial charge in [0.15, 0.2) is 0 Å². The molecule has 0 bridgehead atoms. The van der Waals surface area contributed by atoms with Gasteiger partial charge in [-0.25, -0.2) is 9.36 Å². The van der Waals surface area contributed by atoms with Gasteiger partial charge in [0.2, 0.25) is 23.6 Å². The average Bonchev–Trinajstić information content (AvgIpc) is 3.07. The molecule has 0 aliphatic carbocycles. The van der Waals surface area contributed by atoms with Crippen molar-refractivity contribution in [2.45, 2.75) is 95.8 Å². The third kappa shape index (κ3) is 18.8. The molecule has 0 fully saturated rings. The van der Waals surface area contributed by atoms with E-state index in [1.165, 1.54) is 19.1 Å². The quantitative estimate of drug-likeness (QED) is 0.0524. The summed E-state index contributed by atoms with van der Waals surface area (Å²) in [5.41, 5.74) is 0.299. The lowest BCUT2D eigenvalue weighted by atomic mass is 9.94. The average molecular weight is 805 g/mol. The maximum Gasteiger partial charge on any atom is 0.524 e. The summed E-state index contributed by atoms with van der Waals surface area (Å²) in [5, 5.41) is 55.5. The fraction of sp³-hybridized carbons (Fsp3) is 0.531. The SMILES string of the molecule is CCC(C)C(NC(=O)C(CCC(=O)O)NC(=O)C(CCC(=O)O)NC(=O)C(CC(=O)O)Cc1ccc(OP(=O)(O)O)cc1)C(=O)NC(CCC(=O)O)C(=O)O. The number of rotatable bonds is 26. The van der Waals surface area contributed by atoms with E-state index in [-0.39, 0.29) is 18.6 Å². The third-order valence-corrected chi connectivity index (χ3v) is 8.48. The Morgan fingerprint density at radius 3 is 1.49 bits per heavy atom. The van der Waals surface area contributed by atoms with Crippen molar-refractivity contribution in [2.75, 3.05) is 0 Å². The molecule has 1 aromatic carbocycles. The smallest absolute Gasteiger partial charge is 0.481 e. The number of hydrogen-bond donors (Lipinski definition) is 11. The monoisotopic (exact) mass is 804 g/mol. The summed E-state index contributed by atoms with van der Waals surface area (Å²) in [5.74, 6) is -13.8. The number of carboxylic acids is 5. The van der Waals surface area contributed by atoms with Crippen LogP contribution in [0.4, 0.5) is 0 Å². The van der Waals surface area contributed by atoms with E-state index in [4.69, 9.17) is 14.9 Å². The van der Waals surface area contributed by atoms with Gasteiger partial charge in [0.25, 0.3) is 0 Å². The van der Waals surface area contributed by atoms with Crippen molar-refractivity contribution in [3.05, 3.63) is 29.8 Å². The Balaban J connectivity index is 3.34. The topological polar surface area (TPSA) is 370 Å². The zero-order chi connectivity index (χ0) is 42.0. The molecule has 0 saturated carbocycles. The number of phosphoric ester groups is 1. The summed E-state index contributed by atoms with van der Waals surface area (Å²) >= 11 is 0. The van der Waals surface area contributed by atoms with Crippen molar-refractivity contribution in [1.29, 1.82) is 0 Å². The van der Waals surface area contributed by atoms with Gasteiger partial charge in [0.05, 0.1) is 12.3 Å². The molecule has 4 amide bonds. The standard InChI is InChI=1S/C32H45N4O18P/c1-3-16(2)27(31(48)35-22(32(49)50)10-13-25(41)42)36-30(47)21(9-12-24(39)40)34-29(46)20(8-11-23(37)38)33-28(45)18(15-26(43)44)14-17-4-6-19(7-5-17)54-55(51,52)53/h4-7,16,18,20-22,27H,3,8-15H2,1-2H3,(H,33,45)(H,34,46)(H,35,48)(H,36,47)(H,37,38)(H,39,40)(H,41,42)(H,43,44)(H,49,50)(H2,51,52,53). The summed E-state index contributed by atoms with van der Waals surface area (Å²) in [4.78, 5) is 129. The fourth-order valence-electron chi connectivity index (χ4n) is 4.95. The highest BCUT2D eigenvalue weighted by Crippen LogP contribution is 2.37. The van der Waals surface area contributed by atoms with E-state index in [0.29, 0.717) is 5.56 Å². The number of hydrogen-bond acceptors (Lipinski definition) is 11. The number of phosphoric acid groups is 1. The van der Waals surface area contributed by atoms with E-state index in [2.05, 4.69) is 25.8 Å². The molecule has 23 heteroatoms. The molecule has 0 saturated heterocycles. The number of carbonyl (C=O) groups excluding carboxylic acids is 4. The van der Waals surface area contributed by atoms with Crippen molar-refractivity contribution in [2.24, 2.45) is 11.8 Å². The summed E-state index contributed by atoms with van der Waals surface area (Å²) < 4.78 is 15.5. The van der Waals surface area contributed by atoms with Crippen LogP contribution < -0.4 is 25.8 Å². The van der Waals surface area contributed by atoms with Gasteiger partial charge in [0.1, 0.15) is 29.9 Å². The van der Waals surface area contributed by atoms with Crippen LogP contribution in [0.25, 0.3) is 0 Å². The van der Waals surface area contributed by atoms with E-state index in [1.54, 1.807) is 6.92 Å². The Morgan fingerprint density at radius 1 is 0.636 bits per heavy atom. The lowest BCUT2D eigenvalue weighted by Gasteiger charge is -2.28. The van der Waals surface area contributed by atoms with E-state index in [0.717, 1.165) is 12.1 Å². The summed E-state index contributed by atoms with van der Waals surface area (Å²) in [6.45, 7) is 3.14. The summed E-state index contributed by atoms with van der Waals surface area (Å²) in [6.07, 6.45) is -4.53. The van der Waals surface area contributed by atoms with Crippen molar-refractivity contribution in [1.82, 2.24) is 21.3 Å². The third-order valence-electron chi connectivity index (χ3n) is 8.04. The van der Waals surface area contributed by atoms with Gasteiger partial charge in [-0.3, -0.25) is 48.1 Å². The number of carbonyl (C=O) groups is 9. The molecule has 0 spiro atoms. The first-order valence-electron chi connectivity index (χ1n) is 16.7. The molecule has 0 heterocycles. The molecule has 55 heavy (non-hydrogen) atoms. The number of aliphatic carboxylic acids is 5. The second-order valence-electron chi connectivity index (χ2n) is 12.4. The molecule has 6 unspecified atom stereocenters. The van der Waals surface area contributed by atoms with Gasteiger partial charge in [-0.05, 0) is 49.3 Å². The van der Waals surface area contributed by atoms with Crippen molar-refractivity contribution in [3.63, 3.8) is 0 Å². The molecule has 22 nitrogen and oxygen atoms in total. The van der Waals surface area contributed by atoms with Gasteiger partial charge in [0, 0.05) is 19.3 Å². The van der Waals surface area contributed by atoms with Gasteiger partial charge >= 0.3 is 37.7 Å². The van der Waals surface area contributed by atoms with Crippen LogP contribution in [0.15, 0.2) is 24.3 Å². The fourth-order valence-corrected chi connectivity index (χ4v) is 5.35. The molecule has 1 rings (SSSR count). The van der Waals surface area contributed by atoms with Gasteiger partial charge in [-0.1, -0.05) is 32.4 Å². The number of benzene rings is 1. The molecule has 0 aromatic heterocycles. The molecule has 306 valence electrons. The lowest BCUT2D eigenvalue weighted by Crippen LogP contribution is -2.59. The predicted molar refractivity (Wildman–Crippen MR) is 184 cm³/mol. The maximum atomic E-state index is 13.5. The minimum Gasteiger partial charge on any atom is -0.481 e. The molecule has 11 N–H and O–H groups in total. The molecule has 1 aromatic rings. The minimum absolute atomic E-state index is 0.237. The summed E-state index contributed by atoms with van der Waals surface area (Å²) in [6, 6.07) is -1.69. The van der Waals surface area contributed by atoms with Gasteiger partial charge in [-0.15, -0.1) is 0 Å². The molecule has 0 aliphatic rings. The van der Waals surface area contributed by atoms with Crippen LogP contribution in [-0.2, 0) is 54.1 Å². The second-order valence-corrected chi connectivity index (χ2v) is 13.6. The van der Waals surface area contributed by atoms with Crippen LogP contribution in [0.5, 0.6) is 5.75 Å². The van der Waals surface area contributed by atoms with Crippen LogP contribution in [0.2, 0.25) is 0 Å². The van der Waals surface area contributed by atoms with E-state index < -0.39 is 142 Å². The van der Waals surface area contributed by atoms with Crippen LogP contribution in [-0.4, -0.2) is 113 Å². The van der Waals surface area contributed by atoms with Crippen LogP contribution in [0, 0.1) is 11.8 Å². The summed E-state index contributed by atoms with van der Waals surface area (Å²) in [7, 11) is -4.89. The van der Waals surface area contributed by atoms with Crippen molar-refractivity contribution >= 4 is 61.3 Å². The first-order valence-corrected chi connectivity index (χ1v) is 18.2. The van der Waals surface area contributed by atoms with Gasteiger partial charge in [-0.2, -0.15) is 0 Å². The molecule has 6 atom stereocenters. The van der Waals surface area contributed by atoms with Crippen molar-refractivity contribution < 1.29 is 87.6 Å². The molecular weight excluding hydrogens is 759 g/mol. The number of amides is 4. The lowest BCUT2D eigenvalue weighted by molar-refractivity contribution is -0.144. The minimum atomic E-state index is -4.89. The Kier molecular flexibility index (Phi) is 19.5. The van der Waals surface area contributed by atoms with E-state index in [1.807, 2.05) is 0 Å². The second kappa shape index (κ2) is 22.6. The van der Waals surface area contributed by atoms with Crippen LogP contribution >= 0.6 is 7.82 Å². The Hall–Kier alpha value is -5.60. The Labute approximate surface area is 313 Å². The Morgan fingerprint density at radius 2 is 1.07 bits per heavy atom. The first-order chi connectivity index (χ1) is 25.5. The normalized spacial score (nSPS) is 14.4. The number of nitrogens with one attached hydrogen (secondary N) is 4. The highest BCUT2D eigenvalue weighted by Gasteiger charge is 2.35. The molecular formula is C32H45N4O18P. The predicted octanol–water partition coefficient (Wildman–Crippen LogP) is -0.544. The number of carboxylic acid groups (broad SMARTS) is 5. The largest absolute Gasteiger partial charge is 0.524 e. The van der Waals surface area contributed by atoms with Crippen LogP contribution in [0.3, 0.4) is 0 Å². The Bertz CT molecular complexity index is 1610. The van der Waals surface area contributed by atoms with E-state index in [9.17, 15) is 68.1 Å². The molecule has 0 aliphatic heterocycles.